The van der Waals surface area contributed by atoms with Gasteiger partial charge >= 0.3 is 5.97 Å². The zero-order chi connectivity index (χ0) is 14.9. The molecular weight excluding hydrogens is 258 g/mol. The molecular formula is C13H21N5O2. The van der Waals surface area contributed by atoms with Gasteiger partial charge in [0.25, 0.3) is 0 Å². The monoisotopic (exact) mass is 279 g/mol. The topological polar surface area (TPSA) is 95.6 Å². The first-order chi connectivity index (χ1) is 9.38. The van der Waals surface area contributed by atoms with Crippen LogP contribution >= 0.6 is 0 Å². The normalized spacial score (nSPS) is 21.1. The van der Waals surface area contributed by atoms with Crippen molar-refractivity contribution in [1.29, 1.82) is 0 Å². The largest absolute Gasteiger partial charge is 0.477 e. The van der Waals surface area contributed by atoms with Gasteiger partial charge in [-0.05, 0) is 21.0 Å². The van der Waals surface area contributed by atoms with Crippen LogP contribution in [0.5, 0.6) is 0 Å². The van der Waals surface area contributed by atoms with Gasteiger partial charge in [0.2, 0.25) is 0 Å². The first-order valence-corrected chi connectivity index (χ1v) is 6.63. The Kier molecular flexibility index (Phi) is 4.20. The van der Waals surface area contributed by atoms with E-state index in [2.05, 4.69) is 33.9 Å². The molecule has 110 valence electrons. The minimum absolute atomic E-state index is 0.00265. The van der Waals surface area contributed by atoms with E-state index in [1.54, 1.807) is 6.92 Å². The fourth-order valence-corrected chi connectivity index (χ4v) is 2.54. The third-order valence-corrected chi connectivity index (χ3v) is 3.78. The molecule has 0 saturated carbocycles. The fraction of sp³-hybridized carbons (Fsp3) is 0.615. The van der Waals surface area contributed by atoms with Crippen LogP contribution in [0.3, 0.4) is 0 Å². The number of piperazine rings is 1. The lowest BCUT2D eigenvalue weighted by Gasteiger charge is -2.37. The lowest BCUT2D eigenvalue weighted by Crippen LogP contribution is -2.51. The number of hydrogen-bond acceptors (Lipinski definition) is 6. The van der Waals surface area contributed by atoms with Crippen molar-refractivity contribution in [1.82, 2.24) is 19.8 Å². The van der Waals surface area contributed by atoms with E-state index >= 15 is 0 Å². The van der Waals surface area contributed by atoms with Crippen LogP contribution in [0.1, 0.15) is 21.9 Å². The summed E-state index contributed by atoms with van der Waals surface area (Å²) in [5.41, 5.74) is 6.16. The molecule has 20 heavy (non-hydrogen) atoms. The molecule has 0 bridgehead atoms. The molecule has 7 heteroatoms. The Morgan fingerprint density at radius 3 is 2.70 bits per heavy atom. The minimum Gasteiger partial charge on any atom is -0.477 e. The van der Waals surface area contributed by atoms with Crippen LogP contribution in [0.25, 0.3) is 0 Å². The number of rotatable bonds is 3. The van der Waals surface area contributed by atoms with Gasteiger partial charge in [0, 0.05) is 32.1 Å². The van der Waals surface area contributed by atoms with Crippen molar-refractivity contribution in [2.75, 3.05) is 39.5 Å². The molecule has 3 N–H and O–H groups in total. The van der Waals surface area contributed by atoms with Crippen LogP contribution in [0.4, 0.5) is 5.82 Å². The second-order valence-corrected chi connectivity index (χ2v) is 5.39. The summed E-state index contributed by atoms with van der Waals surface area (Å²) in [6.07, 6.45) is 0.672. The molecule has 2 rings (SSSR count). The molecule has 0 aromatic carbocycles. The summed E-state index contributed by atoms with van der Waals surface area (Å²) in [5.74, 6) is -0.426. The molecule has 1 aliphatic rings. The molecule has 0 amide bonds. The summed E-state index contributed by atoms with van der Waals surface area (Å²) in [6.45, 7) is 4.65. The van der Waals surface area contributed by atoms with Crippen molar-refractivity contribution in [3.8, 4) is 0 Å². The Morgan fingerprint density at radius 1 is 1.40 bits per heavy atom. The standard InChI is InChI=1S/C13H21N5O2/c1-8-11(13(19)20)12(14)16-10(15-8)6-9-7-17(2)4-5-18(9)3/h9H,4-7H2,1-3H3,(H,19,20)(H2,14,15,16). The lowest BCUT2D eigenvalue weighted by atomic mass is 10.1. The van der Waals surface area contributed by atoms with Gasteiger partial charge in [-0.15, -0.1) is 0 Å². The predicted molar refractivity (Wildman–Crippen MR) is 75.8 cm³/mol. The molecule has 0 radical (unpaired) electrons. The lowest BCUT2D eigenvalue weighted by molar-refractivity contribution is 0.0696. The number of likely N-dealkylation sites (N-methyl/N-ethyl adjacent to an activating group) is 2. The maximum Gasteiger partial charge on any atom is 0.341 e. The SMILES string of the molecule is Cc1nc(CC2CN(C)CCN2C)nc(N)c1C(=O)O. The molecule has 7 nitrogen and oxygen atoms in total. The third-order valence-electron chi connectivity index (χ3n) is 3.78. The maximum atomic E-state index is 11.1. The van der Waals surface area contributed by atoms with Crippen LogP contribution < -0.4 is 5.73 Å². The highest BCUT2D eigenvalue weighted by Gasteiger charge is 2.24. The van der Waals surface area contributed by atoms with Crippen molar-refractivity contribution < 1.29 is 9.90 Å². The fourth-order valence-electron chi connectivity index (χ4n) is 2.54. The molecule has 2 heterocycles. The first kappa shape index (κ1) is 14.7. The third kappa shape index (κ3) is 3.05. The number of nitrogens with zero attached hydrogens (tertiary/aromatic N) is 4. The number of nitrogens with two attached hydrogens (primary N) is 1. The molecule has 0 spiro atoms. The van der Waals surface area contributed by atoms with E-state index in [-0.39, 0.29) is 11.4 Å². The molecule has 0 aliphatic carbocycles. The van der Waals surface area contributed by atoms with Crippen molar-refractivity contribution in [3.63, 3.8) is 0 Å². The number of aromatic nitrogens is 2. The van der Waals surface area contributed by atoms with Crippen molar-refractivity contribution >= 4 is 11.8 Å². The average molecular weight is 279 g/mol. The van der Waals surface area contributed by atoms with E-state index in [1.807, 2.05) is 0 Å². The van der Waals surface area contributed by atoms with Crippen molar-refractivity contribution in [2.24, 2.45) is 0 Å². The van der Waals surface area contributed by atoms with E-state index in [1.165, 1.54) is 0 Å². The molecule has 1 saturated heterocycles. The number of carboxylic acid groups (broad SMARTS) is 1. The molecule has 1 atom stereocenters. The molecule has 1 aromatic heterocycles. The van der Waals surface area contributed by atoms with Crippen LogP contribution in [0.2, 0.25) is 0 Å². The highest BCUT2D eigenvalue weighted by Crippen LogP contribution is 2.16. The van der Waals surface area contributed by atoms with Crippen LogP contribution in [-0.2, 0) is 6.42 Å². The molecule has 1 aliphatic heterocycles. The number of aryl methyl sites for hydroxylation is 1. The van der Waals surface area contributed by atoms with Gasteiger partial charge in [-0.25, -0.2) is 14.8 Å². The molecule has 1 unspecified atom stereocenters. The zero-order valence-corrected chi connectivity index (χ0v) is 12.1. The summed E-state index contributed by atoms with van der Waals surface area (Å²) in [4.78, 5) is 24.1. The summed E-state index contributed by atoms with van der Waals surface area (Å²) in [6, 6.07) is 0.322. The number of aromatic carboxylic acids is 1. The van der Waals surface area contributed by atoms with Gasteiger partial charge in [-0.2, -0.15) is 0 Å². The zero-order valence-electron chi connectivity index (χ0n) is 12.1. The Balaban J connectivity index is 2.19. The maximum absolute atomic E-state index is 11.1. The van der Waals surface area contributed by atoms with E-state index < -0.39 is 5.97 Å². The number of carbonyl (C=O) groups is 1. The number of anilines is 1. The number of carboxylic acids is 1. The highest BCUT2D eigenvalue weighted by molar-refractivity contribution is 5.93. The number of hydrogen-bond donors (Lipinski definition) is 2. The average Bonchev–Trinajstić information content (AvgIpc) is 2.32. The smallest absolute Gasteiger partial charge is 0.341 e. The van der Waals surface area contributed by atoms with Gasteiger partial charge in [0.1, 0.15) is 17.2 Å². The van der Waals surface area contributed by atoms with E-state index in [0.717, 1.165) is 19.6 Å². The van der Waals surface area contributed by atoms with Crippen LogP contribution in [0.15, 0.2) is 0 Å². The van der Waals surface area contributed by atoms with E-state index in [4.69, 9.17) is 10.8 Å². The Morgan fingerprint density at radius 2 is 2.10 bits per heavy atom. The summed E-state index contributed by atoms with van der Waals surface area (Å²) >= 11 is 0. The van der Waals surface area contributed by atoms with E-state index in [9.17, 15) is 4.79 Å². The summed E-state index contributed by atoms with van der Waals surface area (Å²) in [5, 5.41) is 9.06. The quantitative estimate of drug-likeness (QED) is 0.794. The van der Waals surface area contributed by atoms with Crippen molar-refractivity contribution in [3.05, 3.63) is 17.1 Å². The second kappa shape index (κ2) is 5.72. The summed E-state index contributed by atoms with van der Waals surface area (Å²) in [7, 11) is 4.17. The Labute approximate surface area is 118 Å². The van der Waals surface area contributed by atoms with Gasteiger partial charge in [-0.3, -0.25) is 0 Å². The molecule has 1 aromatic rings. The predicted octanol–water partition coefficient (Wildman–Crippen LogP) is -0.146. The minimum atomic E-state index is -1.08. The van der Waals surface area contributed by atoms with Crippen LogP contribution in [0, 0.1) is 6.92 Å². The van der Waals surface area contributed by atoms with Gasteiger partial charge in [-0.1, -0.05) is 0 Å². The Hall–Kier alpha value is -1.73. The molecule has 1 fully saturated rings. The summed E-state index contributed by atoms with van der Waals surface area (Å²) < 4.78 is 0. The van der Waals surface area contributed by atoms with Crippen molar-refractivity contribution in [2.45, 2.75) is 19.4 Å². The second-order valence-electron chi connectivity index (χ2n) is 5.39. The first-order valence-electron chi connectivity index (χ1n) is 6.63. The Bertz CT molecular complexity index is 496. The van der Waals surface area contributed by atoms with E-state index in [0.29, 0.717) is 24.0 Å². The van der Waals surface area contributed by atoms with Crippen LogP contribution in [-0.4, -0.2) is 70.6 Å². The van der Waals surface area contributed by atoms with Gasteiger partial charge in [0.15, 0.2) is 0 Å². The van der Waals surface area contributed by atoms with Gasteiger partial charge < -0.3 is 20.6 Å². The number of nitrogen functional groups attached to an aromatic ring is 1. The highest BCUT2D eigenvalue weighted by atomic mass is 16.4. The van der Waals surface area contributed by atoms with Gasteiger partial charge in [0.05, 0.1) is 5.69 Å².